The van der Waals surface area contributed by atoms with Crippen LogP contribution in [0.2, 0.25) is 0 Å². The first-order valence-electron chi connectivity index (χ1n) is 4.78. The van der Waals surface area contributed by atoms with Crippen LogP contribution < -0.4 is 11.5 Å². The lowest BCUT2D eigenvalue weighted by molar-refractivity contribution is 0.319. The highest BCUT2D eigenvalue weighted by molar-refractivity contribution is 5.85. The second-order valence-electron chi connectivity index (χ2n) is 3.74. The Morgan fingerprint density at radius 2 is 1.75 bits per heavy atom. The van der Waals surface area contributed by atoms with Crippen molar-refractivity contribution in [2.75, 3.05) is 6.54 Å². The molecule has 1 rings (SSSR count). The van der Waals surface area contributed by atoms with Crippen LogP contribution in [0.5, 0.6) is 0 Å². The third-order valence-electron chi connectivity index (χ3n) is 2.66. The molecule has 0 radical (unpaired) electrons. The van der Waals surface area contributed by atoms with Crippen molar-refractivity contribution >= 4 is 12.4 Å². The summed E-state index contributed by atoms with van der Waals surface area (Å²) in [6, 6.07) is 0.248. The first kappa shape index (κ1) is 12.2. The van der Waals surface area contributed by atoms with Crippen molar-refractivity contribution < 1.29 is 0 Å². The molecule has 0 spiro atoms. The molecule has 2 nitrogen and oxygen atoms in total. The quantitative estimate of drug-likeness (QED) is 0.715. The first-order chi connectivity index (χ1) is 5.33. The van der Waals surface area contributed by atoms with E-state index in [1.54, 1.807) is 0 Å². The van der Waals surface area contributed by atoms with Crippen molar-refractivity contribution in [1.29, 1.82) is 0 Å². The van der Waals surface area contributed by atoms with Crippen molar-refractivity contribution in [2.24, 2.45) is 17.4 Å². The second-order valence-corrected chi connectivity index (χ2v) is 3.74. The summed E-state index contributed by atoms with van der Waals surface area (Å²) in [5.74, 6) is 0.877. The van der Waals surface area contributed by atoms with Gasteiger partial charge in [0.15, 0.2) is 0 Å². The molecule has 3 heteroatoms. The number of rotatable bonds is 3. The van der Waals surface area contributed by atoms with Crippen LogP contribution in [0.15, 0.2) is 0 Å². The molecule has 0 heterocycles. The predicted octanol–water partition coefficient (Wildman–Crippen LogP) is 1.66. The molecule has 12 heavy (non-hydrogen) atoms. The van der Waals surface area contributed by atoms with Gasteiger partial charge in [-0.25, -0.2) is 0 Å². The van der Waals surface area contributed by atoms with Gasteiger partial charge in [0.1, 0.15) is 0 Å². The third-order valence-corrected chi connectivity index (χ3v) is 2.66. The monoisotopic (exact) mass is 192 g/mol. The van der Waals surface area contributed by atoms with E-state index in [0.29, 0.717) is 6.54 Å². The Labute approximate surface area is 81.5 Å². The Morgan fingerprint density at radius 1 is 1.17 bits per heavy atom. The van der Waals surface area contributed by atoms with E-state index in [1.165, 1.54) is 32.1 Å². The van der Waals surface area contributed by atoms with Crippen LogP contribution in [0.1, 0.15) is 38.5 Å². The van der Waals surface area contributed by atoms with Crippen LogP contribution in [-0.4, -0.2) is 12.6 Å². The molecule has 0 aromatic carbocycles. The highest BCUT2D eigenvalue weighted by Gasteiger charge is 2.15. The normalized spacial score (nSPS) is 21.5. The lowest BCUT2D eigenvalue weighted by Gasteiger charge is -2.23. The van der Waals surface area contributed by atoms with Crippen molar-refractivity contribution in [3.63, 3.8) is 0 Å². The molecule has 1 aliphatic carbocycles. The molecule has 0 aromatic rings. The Hall–Kier alpha value is 0.210. The fourth-order valence-corrected chi connectivity index (χ4v) is 1.95. The van der Waals surface area contributed by atoms with E-state index in [0.717, 1.165) is 12.3 Å². The zero-order valence-corrected chi connectivity index (χ0v) is 8.48. The zero-order chi connectivity index (χ0) is 8.10. The largest absolute Gasteiger partial charge is 0.329 e. The summed E-state index contributed by atoms with van der Waals surface area (Å²) in [5, 5.41) is 0. The summed E-state index contributed by atoms with van der Waals surface area (Å²) in [5.41, 5.74) is 11.2. The van der Waals surface area contributed by atoms with Gasteiger partial charge in [-0.1, -0.05) is 32.1 Å². The van der Waals surface area contributed by atoms with Crippen LogP contribution in [0.25, 0.3) is 0 Å². The molecule has 0 aliphatic heterocycles. The molecule has 0 aromatic heterocycles. The van der Waals surface area contributed by atoms with Gasteiger partial charge in [0.2, 0.25) is 0 Å². The van der Waals surface area contributed by atoms with Gasteiger partial charge in [0.25, 0.3) is 0 Å². The van der Waals surface area contributed by atoms with E-state index in [4.69, 9.17) is 11.5 Å². The molecule has 1 fully saturated rings. The summed E-state index contributed by atoms with van der Waals surface area (Å²) in [4.78, 5) is 0. The summed E-state index contributed by atoms with van der Waals surface area (Å²) in [7, 11) is 0. The molecule has 0 unspecified atom stereocenters. The standard InChI is InChI=1S/C9H20N2.ClH/c10-7-9(11)6-8-4-2-1-3-5-8;/h8-9H,1-7,10-11H2;1H/t9-;/m0./s1. The highest BCUT2D eigenvalue weighted by Crippen LogP contribution is 2.26. The Balaban J connectivity index is 0.00000121. The van der Waals surface area contributed by atoms with Gasteiger partial charge in [-0.15, -0.1) is 12.4 Å². The Morgan fingerprint density at radius 3 is 2.25 bits per heavy atom. The highest BCUT2D eigenvalue weighted by atomic mass is 35.5. The van der Waals surface area contributed by atoms with Crippen molar-refractivity contribution in [1.82, 2.24) is 0 Å². The minimum Gasteiger partial charge on any atom is -0.329 e. The van der Waals surface area contributed by atoms with E-state index < -0.39 is 0 Å². The lowest BCUT2D eigenvalue weighted by Crippen LogP contribution is -2.32. The minimum atomic E-state index is 0. The molecule has 74 valence electrons. The smallest absolute Gasteiger partial charge is 0.0165 e. The molecule has 1 atom stereocenters. The Bertz CT molecular complexity index is 103. The average Bonchev–Trinajstić information content (AvgIpc) is 2.06. The van der Waals surface area contributed by atoms with Gasteiger partial charge in [0, 0.05) is 12.6 Å². The van der Waals surface area contributed by atoms with E-state index in [2.05, 4.69) is 0 Å². The number of hydrogen-bond donors (Lipinski definition) is 2. The SMILES string of the molecule is Cl.NC[C@@H](N)CC1CCCCC1. The first-order valence-corrected chi connectivity index (χ1v) is 4.78. The number of hydrogen-bond acceptors (Lipinski definition) is 2. The summed E-state index contributed by atoms with van der Waals surface area (Å²) in [6.45, 7) is 0.649. The van der Waals surface area contributed by atoms with Gasteiger partial charge in [-0.3, -0.25) is 0 Å². The Kier molecular flexibility index (Phi) is 6.81. The summed E-state index contributed by atoms with van der Waals surface area (Å²) < 4.78 is 0. The topological polar surface area (TPSA) is 52.0 Å². The molecule has 0 bridgehead atoms. The van der Waals surface area contributed by atoms with Gasteiger partial charge in [-0.2, -0.15) is 0 Å². The molecule has 0 saturated heterocycles. The third kappa shape index (κ3) is 4.29. The van der Waals surface area contributed by atoms with Gasteiger partial charge < -0.3 is 11.5 Å². The minimum absolute atomic E-state index is 0. The van der Waals surface area contributed by atoms with E-state index >= 15 is 0 Å². The summed E-state index contributed by atoms with van der Waals surface area (Å²) in [6.07, 6.45) is 8.15. The van der Waals surface area contributed by atoms with Crippen LogP contribution in [0, 0.1) is 5.92 Å². The van der Waals surface area contributed by atoms with Crippen molar-refractivity contribution in [2.45, 2.75) is 44.6 Å². The van der Waals surface area contributed by atoms with Gasteiger partial charge in [-0.05, 0) is 12.3 Å². The van der Waals surface area contributed by atoms with Crippen molar-refractivity contribution in [3.8, 4) is 0 Å². The maximum absolute atomic E-state index is 5.78. The number of halogens is 1. The summed E-state index contributed by atoms with van der Waals surface area (Å²) >= 11 is 0. The van der Waals surface area contributed by atoms with Crippen LogP contribution in [-0.2, 0) is 0 Å². The van der Waals surface area contributed by atoms with Crippen LogP contribution in [0.3, 0.4) is 0 Å². The molecule has 1 saturated carbocycles. The number of nitrogens with two attached hydrogens (primary N) is 2. The van der Waals surface area contributed by atoms with E-state index in [1.807, 2.05) is 0 Å². The van der Waals surface area contributed by atoms with Gasteiger partial charge >= 0.3 is 0 Å². The van der Waals surface area contributed by atoms with Gasteiger partial charge in [0.05, 0.1) is 0 Å². The lowest BCUT2D eigenvalue weighted by atomic mass is 9.85. The average molecular weight is 193 g/mol. The maximum Gasteiger partial charge on any atom is 0.0165 e. The zero-order valence-electron chi connectivity index (χ0n) is 7.67. The molecular formula is C9H21ClN2. The second kappa shape index (κ2) is 6.70. The molecule has 0 amide bonds. The molecular weight excluding hydrogens is 172 g/mol. The maximum atomic E-state index is 5.78. The fourth-order valence-electron chi connectivity index (χ4n) is 1.95. The predicted molar refractivity (Wildman–Crippen MR) is 55.5 cm³/mol. The fraction of sp³-hybridized carbons (Fsp3) is 1.00. The molecule has 4 N–H and O–H groups in total. The van der Waals surface area contributed by atoms with Crippen LogP contribution >= 0.6 is 12.4 Å². The van der Waals surface area contributed by atoms with Crippen molar-refractivity contribution in [3.05, 3.63) is 0 Å². The van der Waals surface area contributed by atoms with E-state index in [-0.39, 0.29) is 18.4 Å². The molecule has 1 aliphatic rings. The van der Waals surface area contributed by atoms with Crippen LogP contribution in [0.4, 0.5) is 0 Å². The van der Waals surface area contributed by atoms with E-state index in [9.17, 15) is 0 Å².